The molecule has 0 bridgehead atoms. The van der Waals surface area contributed by atoms with Gasteiger partial charge >= 0.3 is 13.8 Å². The summed E-state index contributed by atoms with van der Waals surface area (Å²) in [6.45, 7) is -0.634. The third kappa shape index (κ3) is 8.49. The van der Waals surface area contributed by atoms with Crippen molar-refractivity contribution in [2.24, 2.45) is 5.73 Å². The van der Waals surface area contributed by atoms with Gasteiger partial charge in [-0.2, -0.15) is 0 Å². The van der Waals surface area contributed by atoms with Crippen molar-refractivity contribution >= 4 is 13.8 Å². The largest absolute Gasteiger partial charge is 0.481 e. The van der Waals surface area contributed by atoms with E-state index >= 15 is 0 Å². The standard InChI is InChI=1S/C6H14NO7P/c7-4(1-2-6(9)10)5(8)3-14-15(11,12)13/h4-5,8H,1-3,7H2,(H,9,10)(H2,11,12,13). The van der Waals surface area contributed by atoms with Crippen LogP contribution in [0.5, 0.6) is 0 Å². The van der Waals surface area contributed by atoms with Gasteiger partial charge in [-0.05, 0) is 6.42 Å². The second-order valence-corrected chi connectivity index (χ2v) is 4.19. The molecule has 0 aliphatic heterocycles. The van der Waals surface area contributed by atoms with Crippen LogP contribution in [0.4, 0.5) is 0 Å². The molecule has 2 unspecified atom stereocenters. The van der Waals surface area contributed by atoms with E-state index in [0.29, 0.717) is 0 Å². The Labute approximate surface area is 85.9 Å². The molecule has 0 rings (SSSR count). The molecule has 0 amide bonds. The molecule has 0 aromatic carbocycles. The Kier molecular flexibility index (Phi) is 5.96. The normalized spacial score (nSPS) is 16.0. The maximum Gasteiger partial charge on any atom is 0.469 e. The van der Waals surface area contributed by atoms with Gasteiger partial charge < -0.3 is 25.7 Å². The Morgan fingerprint density at radius 3 is 2.40 bits per heavy atom. The first-order chi connectivity index (χ1) is 6.72. The van der Waals surface area contributed by atoms with E-state index in [-0.39, 0.29) is 12.8 Å². The van der Waals surface area contributed by atoms with Gasteiger partial charge in [0.2, 0.25) is 0 Å². The van der Waals surface area contributed by atoms with Crippen LogP contribution in [0.2, 0.25) is 0 Å². The van der Waals surface area contributed by atoms with Crippen LogP contribution in [-0.2, 0) is 13.9 Å². The van der Waals surface area contributed by atoms with E-state index in [2.05, 4.69) is 4.52 Å². The minimum atomic E-state index is -4.63. The van der Waals surface area contributed by atoms with Gasteiger partial charge in [0.05, 0.1) is 12.7 Å². The number of phosphoric ester groups is 1. The van der Waals surface area contributed by atoms with E-state index in [1.165, 1.54) is 0 Å². The van der Waals surface area contributed by atoms with Gasteiger partial charge in [-0.25, -0.2) is 4.57 Å². The van der Waals surface area contributed by atoms with Crippen molar-refractivity contribution in [1.29, 1.82) is 0 Å². The third-order valence-corrected chi connectivity index (χ3v) is 2.08. The zero-order valence-corrected chi connectivity index (χ0v) is 8.71. The van der Waals surface area contributed by atoms with E-state index in [1.54, 1.807) is 0 Å². The topological polar surface area (TPSA) is 150 Å². The zero-order chi connectivity index (χ0) is 12.1. The number of phosphoric acid groups is 1. The summed E-state index contributed by atoms with van der Waals surface area (Å²) in [5, 5.41) is 17.5. The fraction of sp³-hybridized carbons (Fsp3) is 0.833. The smallest absolute Gasteiger partial charge is 0.469 e. The molecule has 15 heavy (non-hydrogen) atoms. The van der Waals surface area contributed by atoms with Gasteiger partial charge in [0.1, 0.15) is 0 Å². The molecular formula is C6H14NO7P. The number of carboxylic acids is 1. The van der Waals surface area contributed by atoms with Gasteiger partial charge in [-0.15, -0.1) is 0 Å². The van der Waals surface area contributed by atoms with Crippen LogP contribution in [0.3, 0.4) is 0 Å². The summed E-state index contributed by atoms with van der Waals surface area (Å²) in [4.78, 5) is 26.8. The average Bonchev–Trinajstić information content (AvgIpc) is 2.08. The summed E-state index contributed by atoms with van der Waals surface area (Å²) in [5.41, 5.74) is 5.35. The lowest BCUT2D eigenvalue weighted by atomic mass is 10.1. The molecule has 0 aliphatic rings. The summed E-state index contributed by atoms with van der Waals surface area (Å²) < 4.78 is 14.3. The van der Waals surface area contributed by atoms with Crippen LogP contribution >= 0.6 is 7.82 Å². The maximum absolute atomic E-state index is 10.3. The van der Waals surface area contributed by atoms with E-state index in [4.69, 9.17) is 20.6 Å². The average molecular weight is 243 g/mol. The number of aliphatic hydroxyl groups excluding tert-OH is 1. The second-order valence-electron chi connectivity index (χ2n) is 2.95. The molecule has 0 aromatic rings. The van der Waals surface area contributed by atoms with Crippen molar-refractivity contribution < 1.29 is 33.9 Å². The van der Waals surface area contributed by atoms with Crippen molar-refractivity contribution in [2.45, 2.75) is 25.0 Å². The molecule has 0 spiro atoms. The summed E-state index contributed by atoms with van der Waals surface area (Å²) >= 11 is 0. The molecule has 0 aliphatic carbocycles. The molecule has 0 saturated carbocycles. The number of aliphatic carboxylic acids is 1. The van der Waals surface area contributed by atoms with E-state index in [1.807, 2.05) is 0 Å². The minimum Gasteiger partial charge on any atom is -0.481 e. The number of carboxylic acid groups (broad SMARTS) is 1. The highest BCUT2D eigenvalue weighted by molar-refractivity contribution is 7.46. The molecule has 2 atom stereocenters. The maximum atomic E-state index is 10.3. The van der Waals surface area contributed by atoms with Gasteiger partial charge in [0.15, 0.2) is 0 Å². The molecule has 0 radical (unpaired) electrons. The van der Waals surface area contributed by atoms with E-state index in [9.17, 15) is 14.5 Å². The Bertz CT molecular complexity index is 252. The molecule has 6 N–H and O–H groups in total. The SMILES string of the molecule is NC(CCC(=O)O)C(O)COP(=O)(O)O. The first kappa shape index (κ1) is 14.5. The van der Waals surface area contributed by atoms with Gasteiger partial charge in [0, 0.05) is 12.5 Å². The Morgan fingerprint density at radius 2 is 2.00 bits per heavy atom. The molecule has 0 aromatic heterocycles. The van der Waals surface area contributed by atoms with E-state index in [0.717, 1.165) is 0 Å². The van der Waals surface area contributed by atoms with Crippen LogP contribution in [0.15, 0.2) is 0 Å². The summed E-state index contributed by atoms with van der Waals surface area (Å²) in [5.74, 6) is -1.06. The predicted molar refractivity (Wildman–Crippen MR) is 48.8 cm³/mol. The monoisotopic (exact) mass is 243 g/mol. The summed E-state index contributed by atoms with van der Waals surface area (Å²) in [6.07, 6.45) is -1.54. The zero-order valence-electron chi connectivity index (χ0n) is 7.81. The van der Waals surface area contributed by atoms with Crippen molar-refractivity contribution in [3.05, 3.63) is 0 Å². The Morgan fingerprint density at radius 1 is 1.47 bits per heavy atom. The molecule has 90 valence electrons. The lowest BCUT2D eigenvalue weighted by molar-refractivity contribution is -0.137. The number of hydrogen-bond donors (Lipinski definition) is 5. The van der Waals surface area contributed by atoms with Crippen molar-refractivity contribution in [1.82, 2.24) is 0 Å². The molecule has 8 nitrogen and oxygen atoms in total. The van der Waals surface area contributed by atoms with Gasteiger partial charge in [-0.3, -0.25) is 9.32 Å². The number of carbonyl (C=O) groups is 1. The van der Waals surface area contributed by atoms with Gasteiger partial charge in [0.25, 0.3) is 0 Å². The van der Waals surface area contributed by atoms with Crippen LogP contribution in [0, 0.1) is 0 Å². The third-order valence-electron chi connectivity index (χ3n) is 1.60. The van der Waals surface area contributed by atoms with Crippen molar-refractivity contribution in [3.63, 3.8) is 0 Å². The molecule has 0 fully saturated rings. The van der Waals surface area contributed by atoms with E-state index < -0.39 is 32.5 Å². The second kappa shape index (κ2) is 6.16. The minimum absolute atomic E-state index is 0.00101. The molecular weight excluding hydrogens is 229 g/mol. The first-order valence-corrected chi connectivity index (χ1v) is 5.61. The highest BCUT2D eigenvalue weighted by Gasteiger charge is 2.21. The molecule has 9 heteroatoms. The Hall–Kier alpha value is -0.500. The van der Waals surface area contributed by atoms with Crippen LogP contribution in [0.25, 0.3) is 0 Å². The molecule has 0 saturated heterocycles. The first-order valence-electron chi connectivity index (χ1n) is 4.08. The number of hydrogen-bond acceptors (Lipinski definition) is 5. The molecule has 0 heterocycles. The lowest BCUT2D eigenvalue weighted by Gasteiger charge is -2.17. The number of rotatable bonds is 7. The lowest BCUT2D eigenvalue weighted by Crippen LogP contribution is -2.38. The van der Waals surface area contributed by atoms with Crippen LogP contribution in [-0.4, -0.2) is 44.7 Å². The fourth-order valence-corrected chi connectivity index (χ4v) is 1.13. The Balaban J connectivity index is 3.83. The predicted octanol–water partition coefficient (Wildman–Crippen LogP) is -1.35. The number of nitrogens with two attached hydrogens (primary N) is 1. The summed E-state index contributed by atoms with van der Waals surface area (Å²) in [6, 6.07) is -0.896. The highest BCUT2D eigenvalue weighted by atomic mass is 31.2. The van der Waals surface area contributed by atoms with Crippen LogP contribution < -0.4 is 5.73 Å². The van der Waals surface area contributed by atoms with Crippen LogP contribution in [0.1, 0.15) is 12.8 Å². The van der Waals surface area contributed by atoms with Crippen molar-refractivity contribution in [3.8, 4) is 0 Å². The van der Waals surface area contributed by atoms with Crippen molar-refractivity contribution in [2.75, 3.05) is 6.61 Å². The fourth-order valence-electron chi connectivity index (χ4n) is 0.780. The highest BCUT2D eigenvalue weighted by Crippen LogP contribution is 2.35. The summed E-state index contributed by atoms with van der Waals surface area (Å²) in [7, 11) is -4.63. The van der Waals surface area contributed by atoms with Gasteiger partial charge in [-0.1, -0.05) is 0 Å². The quantitative estimate of drug-likeness (QED) is 0.344. The number of aliphatic hydroxyl groups is 1.